The lowest BCUT2D eigenvalue weighted by Crippen LogP contribution is -2.29. The van der Waals surface area contributed by atoms with Crippen LogP contribution >= 0.6 is 0 Å². The van der Waals surface area contributed by atoms with Crippen molar-refractivity contribution in [3.8, 4) is 11.1 Å². The Morgan fingerprint density at radius 1 is 0.872 bits per heavy atom. The SMILES string of the molecule is CC(C)COC[C@@H](Cc1ccc(-c2ccc(C(F)(F)F)cc2)cc1)Nc1ccc(C(=O)NCCC(=O)O)cc1. The van der Waals surface area contributed by atoms with E-state index in [9.17, 15) is 22.8 Å². The lowest BCUT2D eigenvalue weighted by atomic mass is 9.99. The number of aliphatic carboxylic acids is 1. The quantitative estimate of drug-likeness (QED) is 0.237. The van der Waals surface area contributed by atoms with Crippen molar-refractivity contribution in [3.05, 3.63) is 89.5 Å². The number of carboxylic acids is 1. The third-order valence-electron chi connectivity index (χ3n) is 5.89. The van der Waals surface area contributed by atoms with E-state index in [1.807, 2.05) is 24.3 Å². The van der Waals surface area contributed by atoms with Gasteiger partial charge in [-0.05, 0) is 65.4 Å². The Kier molecular flexibility index (Phi) is 10.5. The van der Waals surface area contributed by atoms with Gasteiger partial charge in [0.05, 0.1) is 24.6 Å². The molecular formula is C30H33F3N2O4. The zero-order chi connectivity index (χ0) is 28.4. The maximum absolute atomic E-state index is 12.9. The van der Waals surface area contributed by atoms with Crippen molar-refractivity contribution in [2.45, 2.75) is 38.9 Å². The van der Waals surface area contributed by atoms with Crippen molar-refractivity contribution in [1.82, 2.24) is 5.32 Å². The fourth-order valence-corrected chi connectivity index (χ4v) is 3.91. The molecule has 0 radical (unpaired) electrons. The van der Waals surface area contributed by atoms with Gasteiger partial charge in [0.2, 0.25) is 0 Å². The van der Waals surface area contributed by atoms with E-state index in [4.69, 9.17) is 9.84 Å². The zero-order valence-corrected chi connectivity index (χ0v) is 21.9. The van der Waals surface area contributed by atoms with Crippen LogP contribution in [-0.4, -0.2) is 42.8 Å². The number of benzene rings is 3. The van der Waals surface area contributed by atoms with Crippen LogP contribution in [0.2, 0.25) is 0 Å². The van der Waals surface area contributed by atoms with Crippen LogP contribution in [0.15, 0.2) is 72.8 Å². The number of amides is 1. The van der Waals surface area contributed by atoms with Gasteiger partial charge in [0.15, 0.2) is 0 Å². The molecule has 6 nitrogen and oxygen atoms in total. The molecule has 1 atom stereocenters. The molecule has 0 heterocycles. The van der Waals surface area contributed by atoms with Gasteiger partial charge in [0, 0.05) is 24.4 Å². The molecule has 208 valence electrons. The van der Waals surface area contributed by atoms with Crippen molar-refractivity contribution >= 4 is 17.6 Å². The minimum absolute atomic E-state index is 0.0566. The highest BCUT2D eigenvalue weighted by molar-refractivity contribution is 5.94. The van der Waals surface area contributed by atoms with Crippen LogP contribution < -0.4 is 10.6 Å². The highest BCUT2D eigenvalue weighted by atomic mass is 19.4. The second kappa shape index (κ2) is 13.8. The minimum Gasteiger partial charge on any atom is -0.481 e. The Balaban J connectivity index is 1.65. The number of hydrogen-bond acceptors (Lipinski definition) is 4. The molecule has 0 saturated carbocycles. The van der Waals surface area contributed by atoms with Gasteiger partial charge in [-0.2, -0.15) is 13.2 Å². The molecular weight excluding hydrogens is 509 g/mol. The predicted molar refractivity (Wildman–Crippen MR) is 145 cm³/mol. The summed E-state index contributed by atoms with van der Waals surface area (Å²) in [6.45, 7) is 5.27. The van der Waals surface area contributed by atoms with Gasteiger partial charge in [0.25, 0.3) is 5.91 Å². The molecule has 1 amide bonds. The number of alkyl halides is 3. The Morgan fingerprint density at radius 3 is 2.00 bits per heavy atom. The second-order valence-corrected chi connectivity index (χ2v) is 9.73. The van der Waals surface area contributed by atoms with E-state index < -0.39 is 17.7 Å². The van der Waals surface area contributed by atoms with Crippen molar-refractivity contribution in [2.75, 3.05) is 25.1 Å². The topological polar surface area (TPSA) is 87.7 Å². The minimum atomic E-state index is -4.36. The Labute approximate surface area is 226 Å². The van der Waals surface area contributed by atoms with Crippen LogP contribution in [0, 0.1) is 5.92 Å². The molecule has 0 aliphatic rings. The first-order valence-corrected chi connectivity index (χ1v) is 12.7. The van der Waals surface area contributed by atoms with Gasteiger partial charge in [0.1, 0.15) is 0 Å². The molecule has 0 unspecified atom stereocenters. The van der Waals surface area contributed by atoms with E-state index in [0.29, 0.717) is 36.7 Å². The molecule has 0 saturated heterocycles. The highest BCUT2D eigenvalue weighted by Crippen LogP contribution is 2.31. The summed E-state index contributed by atoms with van der Waals surface area (Å²) < 4.78 is 44.5. The summed E-state index contributed by atoms with van der Waals surface area (Å²) in [5, 5.41) is 14.7. The molecule has 0 aliphatic carbocycles. The van der Waals surface area contributed by atoms with Gasteiger partial charge in [-0.3, -0.25) is 9.59 Å². The molecule has 0 fully saturated rings. The van der Waals surface area contributed by atoms with Crippen molar-refractivity contribution < 1.29 is 32.6 Å². The van der Waals surface area contributed by atoms with E-state index in [2.05, 4.69) is 24.5 Å². The van der Waals surface area contributed by atoms with E-state index >= 15 is 0 Å². The van der Waals surface area contributed by atoms with Crippen molar-refractivity contribution in [3.63, 3.8) is 0 Å². The van der Waals surface area contributed by atoms with E-state index in [1.54, 1.807) is 24.3 Å². The molecule has 3 N–H and O–H groups in total. The van der Waals surface area contributed by atoms with Crippen LogP contribution in [0.3, 0.4) is 0 Å². The molecule has 0 spiro atoms. The smallest absolute Gasteiger partial charge is 0.416 e. The number of carbonyl (C=O) groups excluding carboxylic acids is 1. The number of halogens is 3. The van der Waals surface area contributed by atoms with Gasteiger partial charge >= 0.3 is 12.1 Å². The molecule has 3 rings (SSSR count). The molecule has 3 aromatic rings. The first-order chi connectivity index (χ1) is 18.5. The first-order valence-electron chi connectivity index (χ1n) is 12.7. The fourth-order valence-electron chi connectivity index (χ4n) is 3.91. The number of nitrogens with one attached hydrogen (secondary N) is 2. The monoisotopic (exact) mass is 542 g/mol. The van der Waals surface area contributed by atoms with Crippen LogP contribution in [0.25, 0.3) is 11.1 Å². The normalized spacial score (nSPS) is 12.3. The van der Waals surface area contributed by atoms with Crippen molar-refractivity contribution in [2.24, 2.45) is 5.92 Å². The Bertz CT molecular complexity index is 1210. The first kappa shape index (κ1) is 29.7. The average molecular weight is 543 g/mol. The highest BCUT2D eigenvalue weighted by Gasteiger charge is 2.30. The number of hydrogen-bond donors (Lipinski definition) is 3. The number of anilines is 1. The molecule has 0 bridgehead atoms. The van der Waals surface area contributed by atoms with Crippen LogP contribution in [0.1, 0.15) is 41.8 Å². The predicted octanol–water partition coefficient (Wildman–Crippen LogP) is 6.27. The number of rotatable bonds is 13. The maximum atomic E-state index is 12.9. The standard InChI is InChI=1S/C30H33F3N2O4/c1-20(2)18-39-19-27(35-26-13-9-24(10-14-26)29(38)34-16-15-28(36)37)17-21-3-5-22(6-4-21)23-7-11-25(12-8-23)30(31,32)33/h3-14,20,27,35H,15-19H2,1-2H3,(H,34,38)(H,36,37)/t27-/m1/s1. The Hall–Kier alpha value is -3.85. The molecule has 3 aromatic carbocycles. The zero-order valence-electron chi connectivity index (χ0n) is 21.9. The van der Waals surface area contributed by atoms with Gasteiger partial charge in [-0.25, -0.2) is 0 Å². The Morgan fingerprint density at radius 2 is 1.46 bits per heavy atom. The lowest BCUT2D eigenvalue weighted by molar-refractivity contribution is -0.138. The van der Waals surface area contributed by atoms with Gasteiger partial charge in [-0.1, -0.05) is 50.2 Å². The summed E-state index contributed by atoms with van der Waals surface area (Å²) in [6.07, 6.45) is -3.87. The second-order valence-electron chi connectivity index (χ2n) is 9.73. The van der Waals surface area contributed by atoms with Crippen LogP contribution in [-0.2, 0) is 22.1 Å². The molecule has 0 aliphatic heterocycles. The van der Waals surface area contributed by atoms with E-state index in [0.717, 1.165) is 28.9 Å². The molecule has 0 aromatic heterocycles. The lowest BCUT2D eigenvalue weighted by Gasteiger charge is -2.21. The maximum Gasteiger partial charge on any atom is 0.416 e. The van der Waals surface area contributed by atoms with Crippen molar-refractivity contribution in [1.29, 1.82) is 0 Å². The third-order valence-corrected chi connectivity index (χ3v) is 5.89. The summed E-state index contributed by atoms with van der Waals surface area (Å²) in [6, 6.07) is 19.6. The molecule has 39 heavy (non-hydrogen) atoms. The van der Waals surface area contributed by atoms with Crippen LogP contribution in [0.5, 0.6) is 0 Å². The summed E-state index contributed by atoms with van der Waals surface area (Å²) in [5.74, 6) is -0.935. The fraction of sp³-hybridized carbons (Fsp3) is 0.333. The molecule has 9 heteroatoms. The summed E-state index contributed by atoms with van der Waals surface area (Å²) >= 11 is 0. The summed E-state index contributed by atoms with van der Waals surface area (Å²) in [7, 11) is 0. The van der Waals surface area contributed by atoms with Gasteiger partial charge < -0.3 is 20.5 Å². The van der Waals surface area contributed by atoms with E-state index in [-0.39, 0.29) is 24.9 Å². The van der Waals surface area contributed by atoms with E-state index in [1.165, 1.54) is 12.1 Å². The largest absolute Gasteiger partial charge is 0.481 e. The summed E-state index contributed by atoms with van der Waals surface area (Å²) in [5.41, 5.74) is 3.12. The number of ether oxygens (including phenoxy) is 1. The van der Waals surface area contributed by atoms with Crippen LogP contribution in [0.4, 0.5) is 18.9 Å². The average Bonchev–Trinajstić information content (AvgIpc) is 2.88. The number of carbonyl (C=O) groups is 2. The number of carboxylic acid groups (broad SMARTS) is 1. The summed E-state index contributed by atoms with van der Waals surface area (Å²) in [4.78, 5) is 22.8. The third kappa shape index (κ3) is 9.76. The van der Waals surface area contributed by atoms with Gasteiger partial charge in [-0.15, -0.1) is 0 Å².